The van der Waals surface area contributed by atoms with Crippen LogP contribution in [0.15, 0.2) is 132 Å². The molecule has 23 amide bonds. The van der Waals surface area contributed by atoms with Crippen molar-refractivity contribution < 1.29 is 110 Å². The summed E-state index contributed by atoms with van der Waals surface area (Å²) < 4.78 is 0.668. The number of carbonyl (C=O) groups is 23. The third-order valence-electron chi connectivity index (χ3n) is 27.4. The normalized spacial score (nSPS) is 21.1. The van der Waals surface area contributed by atoms with Crippen molar-refractivity contribution in [1.82, 2.24) is 70.7 Å². The minimum atomic E-state index is -0.898. The lowest BCUT2D eigenvalue weighted by atomic mass is 10.0. The van der Waals surface area contributed by atoms with Gasteiger partial charge in [-0.15, -0.1) is 25.7 Å². The van der Waals surface area contributed by atoms with Gasteiger partial charge in [-0.2, -0.15) is 0 Å². The molecule has 0 saturated carbocycles. The number of nitrogen functional groups attached to an aromatic ring is 3. The van der Waals surface area contributed by atoms with Crippen LogP contribution in [0.5, 0.6) is 0 Å². The summed E-state index contributed by atoms with van der Waals surface area (Å²) >= 11 is 3.34. The molecule has 14 aliphatic heterocycles. The number of hydrogen-bond acceptors (Lipinski definition) is 28. The first-order valence-electron chi connectivity index (χ1n) is 47.8. The first-order valence-corrected chi connectivity index (χ1v) is 48.6. The van der Waals surface area contributed by atoms with Gasteiger partial charge in [-0.3, -0.25) is 152 Å². The molecule has 14 heterocycles. The van der Waals surface area contributed by atoms with Gasteiger partial charge in [-0.05, 0) is 146 Å². The zero-order chi connectivity index (χ0) is 108. The summed E-state index contributed by atoms with van der Waals surface area (Å²) in [5.74, 6) is 2.00. The number of imide groups is 8. The Hall–Kier alpha value is -18.3. The lowest BCUT2D eigenvalue weighted by molar-refractivity contribution is -0.152. The van der Waals surface area contributed by atoms with Gasteiger partial charge in [0.05, 0.1) is 42.9 Å². The van der Waals surface area contributed by atoms with Gasteiger partial charge in [0.25, 0.3) is 59.1 Å². The molecule has 0 radical (unpaired) electrons. The molecule has 150 heavy (non-hydrogen) atoms. The van der Waals surface area contributed by atoms with Crippen molar-refractivity contribution in [3.05, 3.63) is 210 Å². The molecule has 7 fully saturated rings. The minimum absolute atomic E-state index is 0.0642. The lowest BCUT2D eigenvalue weighted by Gasteiger charge is -2.34. The molecular weight excluding hydrogens is 2000 g/mol. The number of piperidine rings is 7. The number of nitrogens with one attached hydrogen (secondary N) is 8. The molecule has 7 aromatic rings. The smallest absolute Gasteiger partial charge is 0.262 e. The van der Waals surface area contributed by atoms with Crippen LogP contribution in [0.4, 0.5) is 34.1 Å². The lowest BCUT2D eigenvalue weighted by Crippen LogP contribution is -2.54. The fourth-order valence-electron chi connectivity index (χ4n) is 19.8. The number of anilines is 6. The van der Waals surface area contributed by atoms with Gasteiger partial charge in [0, 0.05) is 190 Å². The van der Waals surface area contributed by atoms with Crippen molar-refractivity contribution in [2.24, 2.45) is 0 Å². The number of carbonyl (C=O) groups excluding carboxylic acids is 23. The highest BCUT2D eigenvalue weighted by atomic mass is 79.9. The Morgan fingerprint density at radius 1 is 0.327 bits per heavy atom. The quantitative estimate of drug-likeness (QED) is 0.0398. The van der Waals surface area contributed by atoms with E-state index < -0.39 is 95.5 Å². The average Bonchev–Trinajstić information content (AvgIpc) is 1.65. The van der Waals surface area contributed by atoms with E-state index in [1.165, 1.54) is 29.4 Å². The van der Waals surface area contributed by atoms with Crippen LogP contribution in [-0.2, 0) is 111 Å². The van der Waals surface area contributed by atoms with Crippen molar-refractivity contribution in [2.45, 2.75) is 185 Å². The van der Waals surface area contributed by atoms with E-state index in [0.717, 1.165) is 53.9 Å². The Balaban J connectivity index is 0.000000131. The van der Waals surface area contributed by atoms with E-state index in [-0.39, 0.29) is 160 Å². The number of nitrogens with zero attached hydrogens (tertiary/aromatic N) is 9. The number of likely N-dealkylation sites (tertiary alicyclic amines) is 2. The van der Waals surface area contributed by atoms with E-state index in [4.69, 9.17) is 42.9 Å². The van der Waals surface area contributed by atoms with Crippen LogP contribution in [0.25, 0.3) is 0 Å². The van der Waals surface area contributed by atoms with E-state index in [1.807, 2.05) is 12.1 Å². The monoisotopic (exact) mass is 2100 g/mol. The fraction of sp³-hybridized carbons (Fsp3) is 0.311. The molecule has 44 heteroatoms. The number of nitrogens with two attached hydrogens (primary N) is 3. The van der Waals surface area contributed by atoms with Crippen LogP contribution in [0.3, 0.4) is 0 Å². The van der Waals surface area contributed by atoms with Gasteiger partial charge < -0.3 is 62.6 Å². The van der Waals surface area contributed by atoms with Gasteiger partial charge in [0.15, 0.2) is 0 Å². The Kier molecular flexibility index (Phi) is 32.2. The van der Waals surface area contributed by atoms with Crippen LogP contribution in [0, 0.1) is 49.4 Å². The molecule has 0 aliphatic carbocycles. The molecule has 768 valence electrons. The van der Waals surface area contributed by atoms with Gasteiger partial charge >= 0.3 is 0 Å². The summed E-state index contributed by atoms with van der Waals surface area (Å²) in [4.78, 5) is 287. The van der Waals surface area contributed by atoms with Crippen molar-refractivity contribution in [3.8, 4) is 49.4 Å². The molecule has 0 spiro atoms. The van der Waals surface area contributed by atoms with E-state index in [1.54, 1.807) is 122 Å². The minimum Gasteiger partial charge on any atom is -0.398 e. The van der Waals surface area contributed by atoms with Crippen LogP contribution in [0.2, 0.25) is 0 Å². The Labute approximate surface area is 865 Å². The van der Waals surface area contributed by atoms with E-state index in [9.17, 15) is 110 Å². The summed E-state index contributed by atoms with van der Waals surface area (Å²) in [5, 5.41) is 20.2. The van der Waals surface area contributed by atoms with Crippen molar-refractivity contribution in [2.75, 3.05) is 59.3 Å². The van der Waals surface area contributed by atoms with Gasteiger partial charge in [0.1, 0.15) is 42.3 Å². The zero-order valence-corrected chi connectivity index (χ0v) is 82.3. The van der Waals surface area contributed by atoms with Gasteiger partial charge in [0.2, 0.25) is 76.8 Å². The number of amides is 23. The Bertz CT molecular complexity index is 7130. The molecule has 0 aromatic heterocycles. The number of terminal acetylenes is 4. The standard InChI is InChI=1S/C19H17N3O3.C16H17N3O4.2C16H15N3O3.C13H12BrN3O3.C13H13N3O3.C13H10N2O4/c1-3-10-20-15-7-5-6-13-14(15)12-22(18(13)24)16-8-9-17(23)21(11-4-2)19(16)25;1-2-13(20)17-11-5-3-4-9-10(11)8-19(16(9)23)12-6-7-14(21)18-15(12)22;1-2-8-17-12-5-3-4-10-11(12)9-19(16(10)22)13-6-7-14(20)18-15(13)21;1-2-8-18-14(20)7-6-13(16(18)22)19-9-11-10(15(19)21)4-3-5-12(11)17;14-7-1-2-8(15)6-5-17(13(20)11(6)7)9-3-4-10(18)16-12(9)19;14-9-3-1-2-7-8(9)6-16(13(7)19)10-4-5-11(17)15-12(10)18;16-10-6-5-9(11(17)14-10)15-12(18)7-3-1-2-4-8(7)13(15)19/h1-2,5-7,16,20H,8-12H2;3-5,12H,2,6-8H2,1H3,(H,17,20)(H,18,21,22);1,3-5,13,17H,6-9H2,(H,18,20,21);1,3-5,13H,6-9,17H2;1-2,9H,3-5,15H2,(H,16,18,19);1-3,10H,4-6,14H2,(H,15,17,18);1-4,9H,5-6H2,(H,14,16,17). The highest BCUT2D eigenvalue weighted by Crippen LogP contribution is 2.41. The molecule has 7 atom stereocenters. The molecule has 14 aliphatic rings. The number of hydrogen-bond donors (Lipinski definition) is 11. The molecule has 14 N–H and O–H groups in total. The molecular formula is C106H99BrN20O23. The second kappa shape index (κ2) is 45.5. The first-order chi connectivity index (χ1) is 71.9. The Morgan fingerprint density at radius 3 is 0.940 bits per heavy atom. The number of halogens is 1. The third-order valence-corrected chi connectivity index (χ3v) is 28.1. The molecule has 43 nitrogen and oxygen atoms in total. The summed E-state index contributed by atoms with van der Waals surface area (Å²) in [5.41, 5.74) is 29.9. The largest absolute Gasteiger partial charge is 0.398 e. The first kappa shape index (κ1) is 106. The molecule has 7 unspecified atom stereocenters. The molecule has 7 aromatic carbocycles. The number of rotatable bonds is 15. The maximum atomic E-state index is 12.8. The van der Waals surface area contributed by atoms with Crippen molar-refractivity contribution in [3.63, 3.8) is 0 Å². The van der Waals surface area contributed by atoms with Crippen LogP contribution >= 0.6 is 15.9 Å². The molecule has 0 bridgehead atoms. The van der Waals surface area contributed by atoms with E-state index >= 15 is 0 Å². The molecule has 21 rings (SSSR count). The Morgan fingerprint density at radius 2 is 0.613 bits per heavy atom. The highest BCUT2D eigenvalue weighted by molar-refractivity contribution is 9.10. The van der Waals surface area contributed by atoms with Crippen molar-refractivity contribution in [1.29, 1.82) is 0 Å². The predicted octanol–water partition coefficient (Wildman–Crippen LogP) is 3.41. The zero-order valence-electron chi connectivity index (χ0n) is 80.7. The third kappa shape index (κ3) is 21.7. The van der Waals surface area contributed by atoms with E-state index in [2.05, 4.69) is 82.1 Å². The average molecular weight is 2100 g/mol. The van der Waals surface area contributed by atoms with Gasteiger partial charge in [-0.1, -0.05) is 73.1 Å². The maximum Gasteiger partial charge on any atom is 0.262 e. The molecule has 7 saturated heterocycles. The predicted molar refractivity (Wildman–Crippen MR) is 537 cm³/mol. The summed E-state index contributed by atoms with van der Waals surface area (Å²) in [6.45, 7) is 4.13. The summed E-state index contributed by atoms with van der Waals surface area (Å²) in [6.07, 6.45) is 25.0. The van der Waals surface area contributed by atoms with Crippen LogP contribution < -0.4 is 59.7 Å². The number of benzene rings is 7. The highest BCUT2D eigenvalue weighted by Gasteiger charge is 2.50. The van der Waals surface area contributed by atoms with Crippen LogP contribution in [0.1, 0.15) is 219 Å². The second-order valence-electron chi connectivity index (χ2n) is 36.4. The van der Waals surface area contributed by atoms with Crippen molar-refractivity contribution >= 4 is 186 Å². The SMILES string of the molecule is C#CCN1C(=O)CCC(N2Cc3c(N)cccc3C2=O)C1=O.C#CCNc1cccc2c1CN(C1CCC(=O)N(CC#C)C1=O)C2=O.C#CCNc1cccc2c1CN(C1CCC(=O)NC1=O)C2=O.CCC(=O)Nc1cccc2c1CN(C1CCC(=O)NC1=O)C2=O.Nc1ccc(Br)c2c1CN(C1CCC(=O)NC1=O)C2=O.Nc1cccc2c1CN(C1CCC(=O)NC1=O)C2=O.O=C1CCC(N2C(=O)c3ccccc3C2=O)C(=O)N1. The summed E-state index contributed by atoms with van der Waals surface area (Å²) in [6, 6.07) is 31.4. The van der Waals surface area contributed by atoms with Gasteiger partial charge in [-0.25, -0.2) is 0 Å². The summed E-state index contributed by atoms with van der Waals surface area (Å²) in [7, 11) is 0. The maximum absolute atomic E-state index is 12.8. The topological polar surface area (TPSA) is 596 Å². The van der Waals surface area contributed by atoms with E-state index in [0.29, 0.717) is 162 Å². The van der Waals surface area contributed by atoms with Crippen LogP contribution in [-0.4, -0.2) is 248 Å². The second-order valence-corrected chi connectivity index (χ2v) is 37.2. The fourth-order valence-corrected chi connectivity index (χ4v) is 20.3. The number of fused-ring (bicyclic) bond motifs is 7.